The lowest BCUT2D eigenvalue weighted by Gasteiger charge is -2.39. The lowest BCUT2D eigenvalue weighted by molar-refractivity contribution is 0.196. The lowest BCUT2D eigenvalue weighted by Crippen LogP contribution is -2.57. The summed E-state index contributed by atoms with van der Waals surface area (Å²) in [4.78, 5) is 6.61. The van der Waals surface area contributed by atoms with Crippen molar-refractivity contribution in [2.75, 3.05) is 31.9 Å². The minimum Gasteiger partial charge on any atom is -0.485 e. The Hall–Kier alpha value is -1.10. The number of benzene rings is 1. The molecule has 0 aromatic heterocycles. The van der Waals surface area contributed by atoms with Crippen LogP contribution < -0.4 is 10.1 Å². The van der Waals surface area contributed by atoms with E-state index < -0.39 is 20.4 Å². The second-order valence-corrected chi connectivity index (χ2v) is 10.0. The van der Waals surface area contributed by atoms with Crippen molar-refractivity contribution in [3.63, 3.8) is 0 Å². The van der Waals surface area contributed by atoms with Crippen LogP contribution in [0.15, 0.2) is 29.3 Å². The second-order valence-electron chi connectivity index (χ2n) is 7.27. The van der Waals surface area contributed by atoms with Gasteiger partial charge in [-0.15, -0.1) is 24.0 Å². The number of guanidine groups is 1. The van der Waals surface area contributed by atoms with Gasteiger partial charge in [-0.2, -0.15) is 0 Å². The summed E-state index contributed by atoms with van der Waals surface area (Å²) in [6, 6.07) is 6.32. The highest BCUT2D eigenvalue weighted by Gasteiger charge is 2.41. The fourth-order valence-corrected chi connectivity index (χ4v) is 4.27. The predicted molar refractivity (Wildman–Crippen MR) is 122 cm³/mol. The summed E-state index contributed by atoms with van der Waals surface area (Å²) in [6.07, 6.45) is 0.411. The van der Waals surface area contributed by atoms with E-state index in [0.29, 0.717) is 38.6 Å². The average Bonchev–Trinajstić information content (AvgIpc) is 2.61. The number of rotatable bonds is 6. The predicted octanol–water partition coefficient (Wildman–Crippen LogP) is 3.08. The third kappa shape index (κ3) is 6.20. The van der Waals surface area contributed by atoms with Gasteiger partial charge in [0.25, 0.3) is 0 Å². The van der Waals surface area contributed by atoms with Gasteiger partial charge in [0.15, 0.2) is 27.4 Å². The van der Waals surface area contributed by atoms with Gasteiger partial charge in [0, 0.05) is 19.6 Å². The fraction of sp³-hybridized carbons (Fsp3) is 0.632. The maximum Gasteiger partial charge on any atom is 0.194 e. The Balaban J connectivity index is 0.00000392. The minimum atomic E-state index is -3.11. The van der Waals surface area contributed by atoms with Crippen LogP contribution >= 0.6 is 24.0 Å². The molecule has 1 aromatic rings. The van der Waals surface area contributed by atoms with Crippen molar-refractivity contribution >= 4 is 39.8 Å². The normalized spacial score (nSPS) is 19.5. The molecule has 1 heterocycles. The van der Waals surface area contributed by atoms with Gasteiger partial charge in [-0.1, -0.05) is 19.1 Å². The Kier molecular flexibility index (Phi) is 9.45. The minimum absolute atomic E-state index is 0. The quantitative estimate of drug-likeness (QED) is 0.350. The van der Waals surface area contributed by atoms with E-state index >= 15 is 0 Å². The van der Waals surface area contributed by atoms with Gasteiger partial charge in [-0.05, 0) is 39.3 Å². The van der Waals surface area contributed by atoms with Crippen LogP contribution in [0.1, 0.15) is 34.1 Å². The number of aliphatic imine (C=N–C) groups is 1. The molecule has 0 radical (unpaired) electrons. The molecule has 0 saturated carbocycles. The van der Waals surface area contributed by atoms with Crippen molar-refractivity contribution in [3.8, 4) is 5.75 Å². The Bertz CT molecular complexity index is 771. The molecule has 1 atom stereocenters. The number of para-hydroxylation sites is 1. The van der Waals surface area contributed by atoms with Crippen molar-refractivity contribution in [2.45, 2.75) is 45.0 Å². The monoisotopic (exact) mass is 527 g/mol. The van der Waals surface area contributed by atoms with Crippen LogP contribution in [-0.4, -0.2) is 62.1 Å². The highest BCUT2D eigenvalue weighted by Crippen LogP contribution is 2.24. The molecule has 1 fully saturated rings. The SMILES string of the molecule is CCNC(=NCC(CC)Oc1ccccc1F)N1CCS(=O)(=O)C(C)(C)C1.I. The topological polar surface area (TPSA) is 71.0 Å². The Morgan fingerprint density at radius 1 is 1.36 bits per heavy atom. The Labute approximate surface area is 184 Å². The molecule has 28 heavy (non-hydrogen) atoms. The van der Waals surface area contributed by atoms with Crippen molar-refractivity contribution in [1.29, 1.82) is 0 Å². The number of hydrogen-bond acceptors (Lipinski definition) is 4. The first-order valence-electron chi connectivity index (χ1n) is 9.37. The van der Waals surface area contributed by atoms with E-state index in [1.54, 1.807) is 32.0 Å². The molecule has 1 unspecified atom stereocenters. The highest BCUT2D eigenvalue weighted by atomic mass is 127. The Morgan fingerprint density at radius 2 is 2.04 bits per heavy atom. The van der Waals surface area contributed by atoms with E-state index in [1.165, 1.54) is 6.07 Å². The van der Waals surface area contributed by atoms with Crippen LogP contribution in [0.4, 0.5) is 4.39 Å². The molecule has 1 saturated heterocycles. The molecule has 0 amide bonds. The molecule has 9 heteroatoms. The zero-order chi connectivity index (χ0) is 20.1. The number of sulfone groups is 1. The smallest absolute Gasteiger partial charge is 0.194 e. The first-order chi connectivity index (χ1) is 12.7. The maximum atomic E-state index is 13.8. The summed E-state index contributed by atoms with van der Waals surface area (Å²) in [5.41, 5.74) is 0. The summed E-state index contributed by atoms with van der Waals surface area (Å²) < 4.78 is 43.2. The van der Waals surface area contributed by atoms with E-state index in [1.807, 2.05) is 18.7 Å². The summed E-state index contributed by atoms with van der Waals surface area (Å²) in [7, 11) is -3.11. The van der Waals surface area contributed by atoms with E-state index in [4.69, 9.17) is 4.74 Å². The molecule has 6 nitrogen and oxygen atoms in total. The molecule has 1 aromatic carbocycles. The summed E-state index contributed by atoms with van der Waals surface area (Å²) in [5, 5.41) is 3.22. The zero-order valence-electron chi connectivity index (χ0n) is 16.9. The van der Waals surface area contributed by atoms with Crippen molar-refractivity contribution in [3.05, 3.63) is 30.1 Å². The molecular weight excluding hydrogens is 496 g/mol. The number of hydrogen-bond donors (Lipinski definition) is 1. The summed E-state index contributed by atoms with van der Waals surface area (Å²) in [5.74, 6) is 0.591. The van der Waals surface area contributed by atoms with Crippen LogP contribution in [0, 0.1) is 5.82 Å². The van der Waals surface area contributed by atoms with E-state index in [-0.39, 0.29) is 41.6 Å². The number of halogens is 2. The van der Waals surface area contributed by atoms with Gasteiger partial charge in [-0.25, -0.2) is 17.8 Å². The highest BCUT2D eigenvalue weighted by molar-refractivity contribution is 14.0. The van der Waals surface area contributed by atoms with Crippen molar-refractivity contribution in [2.24, 2.45) is 4.99 Å². The molecule has 2 rings (SSSR count). The van der Waals surface area contributed by atoms with E-state index in [2.05, 4.69) is 10.3 Å². The third-order valence-electron chi connectivity index (χ3n) is 4.71. The van der Waals surface area contributed by atoms with Gasteiger partial charge in [-0.3, -0.25) is 0 Å². The van der Waals surface area contributed by atoms with Gasteiger partial charge < -0.3 is 15.0 Å². The molecule has 1 N–H and O–H groups in total. The lowest BCUT2D eigenvalue weighted by atomic mass is 10.2. The average molecular weight is 527 g/mol. The van der Waals surface area contributed by atoms with E-state index in [9.17, 15) is 12.8 Å². The van der Waals surface area contributed by atoms with Crippen LogP contribution in [0.2, 0.25) is 0 Å². The number of nitrogens with zero attached hydrogens (tertiary/aromatic N) is 2. The summed E-state index contributed by atoms with van der Waals surface area (Å²) in [6.45, 7) is 9.24. The second kappa shape index (κ2) is 10.6. The van der Waals surface area contributed by atoms with Crippen molar-refractivity contribution in [1.82, 2.24) is 10.2 Å². The van der Waals surface area contributed by atoms with Gasteiger partial charge >= 0.3 is 0 Å². The number of ether oxygens (including phenoxy) is 1. The maximum absolute atomic E-state index is 13.8. The molecule has 160 valence electrons. The van der Waals surface area contributed by atoms with Crippen molar-refractivity contribution < 1.29 is 17.5 Å². The van der Waals surface area contributed by atoms with Crippen LogP contribution in [0.3, 0.4) is 0 Å². The largest absolute Gasteiger partial charge is 0.485 e. The molecule has 1 aliphatic rings. The Morgan fingerprint density at radius 3 is 2.61 bits per heavy atom. The molecule has 0 spiro atoms. The first-order valence-corrected chi connectivity index (χ1v) is 11.0. The zero-order valence-corrected chi connectivity index (χ0v) is 20.1. The van der Waals surface area contributed by atoms with Gasteiger partial charge in [0.05, 0.1) is 17.0 Å². The molecule has 1 aliphatic heterocycles. The van der Waals surface area contributed by atoms with Gasteiger partial charge in [0.1, 0.15) is 6.10 Å². The third-order valence-corrected chi connectivity index (χ3v) is 7.24. The molecule has 0 bridgehead atoms. The van der Waals surface area contributed by atoms with E-state index in [0.717, 1.165) is 0 Å². The standard InChI is InChI=1S/C19H30FN3O3S.HI/c1-5-15(26-17-10-8-7-9-16(17)20)13-22-18(21-6-2)23-11-12-27(24,25)19(3,4)14-23;/h7-10,15H,5-6,11-14H2,1-4H3,(H,21,22);1H. The molecular formula is C19H31FIN3O3S. The number of nitrogens with one attached hydrogen (secondary N) is 1. The van der Waals surface area contributed by atoms with Crippen LogP contribution in [0.5, 0.6) is 5.75 Å². The first kappa shape index (κ1) is 24.9. The van der Waals surface area contributed by atoms with Crippen LogP contribution in [0.25, 0.3) is 0 Å². The molecule has 0 aliphatic carbocycles. The van der Waals surface area contributed by atoms with Gasteiger partial charge in [0.2, 0.25) is 0 Å². The van der Waals surface area contributed by atoms with Crippen LogP contribution in [-0.2, 0) is 9.84 Å². The fourth-order valence-electron chi connectivity index (χ4n) is 2.91. The summed E-state index contributed by atoms with van der Waals surface area (Å²) >= 11 is 0.